The van der Waals surface area contributed by atoms with E-state index < -0.39 is 0 Å². The van der Waals surface area contributed by atoms with Crippen LogP contribution in [0.2, 0.25) is 0 Å². The fourth-order valence-corrected chi connectivity index (χ4v) is 5.03. The molecular formula is C26H31N5O3. The molecule has 4 aromatic rings. The van der Waals surface area contributed by atoms with Crippen LogP contribution in [0.4, 0.5) is 0 Å². The number of benzene rings is 1. The average Bonchev–Trinajstić information content (AvgIpc) is 3.49. The van der Waals surface area contributed by atoms with Gasteiger partial charge < -0.3 is 18.6 Å². The first-order valence-electron chi connectivity index (χ1n) is 11.6. The molecule has 0 spiro atoms. The van der Waals surface area contributed by atoms with Crippen molar-refractivity contribution < 1.29 is 9.47 Å². The molecule has 1 aliphatic rings. The molecule has 0 saturated heterocycles. The van der Waals surface area contributed by atoms with Crippen molar-refractivity contribution in [2.24, 2.45) is 7.05 Å². The molecule has 1 aliphatic heterocycles. The van der Waals surface area contributed by atoms with Gasteiger partial charge in [0.25, 0.3) is 5.56 Å². The lowest BCUT2D eigenvalue weighted by Gasteiger charge is -2.31. The summed E-state index contributed by atoms with van der Waals surface area (Å²) in [5, 5.41) is 7.69. The van der Waals surface area contributed by atoms with Crippen molar-refractivity contribution in [2.75, 3.05) is 20.8 Å². The van der Waals surface area contributed by atoms with Crippen LogP contribution in [0.15, 0.2) is 41.5 Å². The zero-order valence-corrected chi connectivity index (χ0v) is 20.4. The minimum atomic E-state index is -0.109. The molecule has 0 bridgehead atoms. The third-order valence-electron chi connectivity index (χ3n) is 6.81. The highest BCUT2D eigenvalue weighted by atomic mass is 16.5. The molecule has 8 nitrogen and oxygen atoms in total. The molecule has 3 aromatic heterocycles. The molecule has 0 amide bonds. The first kappa shape index (κ1) is 22.3. The van der Waals surface area contributed by atoms with Gasteiger partial charge in [-0.1, -0.05) is 13.8 Å². The van der Waals surface area contributed by atoms with Crippen LogP contribution >= 0.6 is 0 Å². The van der Waals surface area contributed by atoms with Crippen LogP contribution in [0.1, 0.15) is 36.7 Å². The van der Waals surface area contributed by atoms with Gasteiger partial charge in [0.2, 0.25) is 0 Å². The van der Waals surface area contributed by atoms with Gasteiger partial charge in [-0.15, -0.1) is 0 Å². The van der Waals surface area contributed by atoms with E-state index in [4.69, 9.17) is 9.47 Å². The quantitative estimate of drug-likeness (QED) is 0.471. The normalized spacial score (nSPS) is 14.1. The highest BCUT2D eigenvalue weighted by Gasteiger charge is 2.23. The second-order valence-corrected chi connectivity index (χ2v) is 9.24. The molecule has 0 aliphatic carbocycles. The second kappa shape index (κ2) is 8.68. The van der Waals surface area contributed by atoms with Gasteiger partial charge in [0.1, 0.15) is 17.0 Å². The number of pyridine rings is 1. The van der Waals surface area contributed by atoms with E-state index in [0.717, 1.165) is 59.8 Å². The topological polar surface area (TPSA) is 77.3 Å². The van der Waals surface area contributed by atoms with Crippen LogP contribution in [-0.4, -0.2) is 45.0 Å². The number of fused-ring (bicyclic) bond motifs is 2. The van der Waals surface area contributed by atoms with E-state index in [2.05, 4.69) is 45.6 Å². The number of H-pyrrole nitrogens is 1. The molecule has 178 valence electrons. The molecule has 0 saturated carbocycles. The lowest BCUT2D eigenvalue weighted by atomic mass is 10.00. The Kier molecular flexibility index (Phi) is 5.69. The van der Waals surface area contributed by atoms with Gasteiger partial charge in [-0.2, -0.15) is 5.10 Å². The van der Waals surface area contributed by atoms with E-state index in [1.807, 2.05) is 18.3 Å². The number of aryl methyl sites for hydroxylation is 1. The summed E-state index contributed by atoms with van der Waals surface area (Å²) >= 11 is 0. The zero-order valence-electron chi connectivity index (χ0n) is 20.4. The van der Waals surface area contributed by atoms with E-state index in [1.165, 1.54) is 11.4 Å². The third kappa shape index (κ3) is 3.68. The standard InChI is InChI=1S/C26H31N5O3/c1-16(2)22-7-6-18-13-30(8-9-31(18)22)15-21-23(33-4)10-17(11-24(21)34-5)20-14-29(3)26(32)25-19(20)12-27-28-25/h6-7,10-12,14,16H,8-9,13,15H2,1-5H3,(H,27,28). The monoisotopic (exact) mass is 461 g/mol. The Bertz CT molecular complexity index is 1390. The minimum Gasteiger partial charge on any atom is -0.496 e. The molecule has 1 aromatic carbocycles. The average molecular weight is 462 g/mol. The Labute approximate surface area is 198 Å². The fraction of sp³-hybridized carbons (Fsp3) is 0.385. The number of hydrogen-bond donors (Lipinski definition) is 1. The van der Waals surface area contributed by atoms with Crippen molar-refractivity contribution in [3.8, 4) is 22.6 Å². The molecule has 34 heavy (non-hydrogen) atoms. The lowest BCUT2D eigenvalue weighted by molar-refractivity contribution is 0.205. The maximum absolute atomic E-state index is 12.5. The van der Waals surface area contributed by atoms with Gasteiger partial charge in [0.15, 0.2) is 0 Å². The molecule has 0 fully saturated rings. The van der Waals surface area contributed by atoms with Crippen molar-refractivity contribution in [2.45, 2.75) is 39.4 Å². The third-order valence-corrected chi connectivity index (χ3v) is 6.81. The number of nitrogens with one attached hydrogen (secondary N) is 1. The number of methoxy groups -OCH3 is 2. The van der Waals surface area contributed by atoms with Crippen LogP contribution in [-0.2, 0) is 26.7 Å². The van der Waals surface area contributed by atoms with Crippen molar-refractivity contribution in [3.63, 3.8) is 0 Å². The molecule has 1 N–H and O–H groups in total. The number of rotatable bonds is 6. The van der Waals surface area contributed by atoms with Crippen molar-refractivity contribution in [1.29, 1.82) is 0 Å². The summed E-state index contributed by atoms with van der Waals surface area (Å²) in [5.74, 6) is 2.06. The number of nitrogens with zero attached hydrogens (tertiary/aromatic N) is 4. The van der Waals surface area contributed by atoms with Gasteiger partial charge in [0.05, 0.1) is 26.0 Å². The molecule has 0 unspecified atom stereocenters. The van der Waals surface area contributed by atoms with Gasteiger partial charge in [0, 0.05) is 61.8 Å². The van der Waals surface area contributed by atoms with E-state index in [-0.39, 0.29) is 5.56 Å². The Hall–Kier alpha value is -3.52. The fourth-order valence-electron chi connectivity index (χ4n) is 5.03. The largest absolute Gasteiger partial charge is 0.496 e. The van der Waals surface area contributed by atoms with Crippen LogP contribution in [0.5, 0.6) is 11.5 Å². The summed E-state index contributed by atoms with van der Waals surface area (Å²) in [6.45, 7) is 8.05. The second-order valence-electron chi connectivity index (χ2n) is 9.24. The van der Waals surface area contributed by atoms with E-state index in [1.54, 1.807) is 32.0 Å². The first-order valence-corrected chi connectivity index (χ1v) is 11.6. The summed E-state index contributed by atoms with van der Waals surface area (Å²) in [6, 6.07) is 8.54. The van der Waals surface area contributed by atoms with E-state index >= 15 is 0 Å². The van der Waals surface area contributed by atoms with Crippen molar-refractivity contribution in [3.05, 3.63) is 64.0 Å². The summed E-state index contributed by atoms with van der Waals surface area (Å²) in [4.78, 5) is 14.9. The van der Waals surface area contributed by atoms with Crippen LogP contribution < -0.4 is 15.0 Å². The highest BCUT2D eigenvalue weighted by Crippen LogP contribution is 2.38. The Morgan fingerprint density at radius 3 is 2.53 bits per heavy atom. The zero-order chi connectivity index (χ0) is 24.0. The summed E-state index contributed by atoms with van der Waals surface area (Å²) in [7, 11) is 5.12. The van der Waals surface area contributed by atoms with Gasteiger partial charge in [-0.05, 0) is 35.7 Å². The summed E-state index contributed by atoms with van der Waals surface area (Å²) in [6.07, 6.45) is 3.52. The Morgan fingerprint density at radius 2 is 1.85 bits per heavy atom. The number of aromatic amines is 1. The van der Waals surface area contributed by atoms with Crippen molar-refractivity contribution >= 4 is 10.9 Å². The van der Waals surface area contributed by atoms with E-state index in [0.29, 0.717) is 11.4 Å². The first-order chi connectivity index (χ1) is 16.4. The van der Waals surface area contributed by atoms with Gasteiger partial charge in [-0.25, -0.2) is 0 Å². The Balaban J connectivity index is 1.51. The van der Waals surface area contributed by atoms with E-state index in [9.17, 15) is 4.79 Å². The molecule has 0 atom stereocenters. The van der Waals surface area contributed by atoms with Crippen LogP contribution in [0, 0.1) is 0 Å². The predicted octanol–water partition coefficient (Wildman–Crippen LogP) is 3.89. The molecular weight excluding hydrogens is 430 g/mol. The molecule has 4 heterocycles. The maximum Gasteiger partial charge on any atom is 0.276 e. The van der Waals surface area contributed by atoms with Gasteiger partial charge in [-0.3, -0.25) is 14.8 Å². The van der Waals surface area contributed by atoms with Crippen molar-refractivity contribution in [1.82, 2.24) is 24.2 Å². The lowest BCUT2D eigenvalue weighted by Crippen LogP contribution is -2.33. The molecule has 5 rings (SSSR count). The number of hydrogen-bond acceptors (Lipinski definition) is 5. The summed E-state index contributed by atoms with van der Waals surface area (Å²) in [5.41, 5.74) is 5.95. The van der Waals surface area contributed by atoms with Gasteiger partial charge >= 0.3 is 0 Å². The number of ether oxygens (including phenoxy) is 2. The molecule has 8 heteroatoms. The summed E-state index contributed by atoms with van der Waals surface area (Å²) < 4.78 is 15.7. The SMILES string of the molecule is COc1cc(-c2cn(C)c(=O)c3[nH]ncc23)cc(OC)c1CN1CCn2c(ccc2C(C)C)C1. The minimum absolute atomic E-state index is 0.109. The van der Waals surface area contributed by atoms with Crippen LogP contribution in [0.3, 0.4) is 0 Å². The molecule has 0 radical (unpaired) electrons. The highest BCUT2D eigenvalue weighted by molar-refractivity contribution is 5.94. The number of aromatic nitrogens is 4. The van der Waals surface area contributed by atoms with Crippen LogP contribution in [0.25, 0.3) is 22.0 Å². The smallest absolute Gasteiger partial charge is 0.276 e. The Morgan fingerprint density at radius 1 is 1.12 bits per heavy atom. The maximum atomic E-state index is 12.5. The predicted molar refractivity (Wildman–Crippen MR) is 133 cm³/mol.